The number of phenols is 1. The van der Waals surface area contributed by atoms with Crippen LogP contribution in [0.15, 0.2) is 85.2 Å². The zero-order valence-corrected chi connectivity index (χ0v) is 13.5. The van der Waals surface area contributed by atoms with Gasteiger partial charge < -0.3 is 10.4 Å². The number of anilines is 1. The van der Waals surface area contributed by atoms with E-state index in [9.17, 15) is 5.11 Å². The molecule has 0 spiro atoms. The number of phenolic OH excluding ortho intramolecular Hbond substituents is 1. The number of pyridine rings is 2. The lowest BCUT2D eigenvalue weighted by atomic mass is 9.94. The van der Waals surface area contributed by atoms with Gasteiger partial charge in [0.25, 0.3) is 0 Å². The molecule has 25 heavy (non-hydrogen) atoms. The Bertz CT molecular complexity index is 988. The van der Waals surface area contributed by atoms with E-state index in [0.29, 0.717) is 0 Å². The van der Waals surface area contributed by atoms with Crippen LogP contribution in [0.4, 0.5) is 5.82 Å². The van der Waals surface area contributed by atoms with Crippen LogP contribution in [0.3, 0.4) is 0 Å². The molecular weight excluding hydrogens is 310 g/mol. The van der Waals surface area contributed by atoms with Gasteiger partial charge in [-0.2, -0.15) is 0 Å². The molecule has 0 saturated heterocycles. The molecule has 0 fully saturated rings. The highest BCUT2D eigenvalue weighted by Crippen LogP contribution is 2.36. The molecule has 4 nitrogen and oxygen atoms in total. The van der Waals surface area contributed by atoms with E-state index in [4.69, 9.17) is 0 Å². The highest BCUT2D eigenvalue weighted by molar-refractivity contribution is 5.86. The largest absolute Gasteiger partial charge is 0.508 e. The van der Waals surface area contributed by atoms with Gasteiger partial charge in [0.05, 0.1) is 11.6 Å². The van der Waals surface area contributed by atoms with Crippen LogP contribution in [0.2, 0.25) is 0 Å². The number of nitrogens with one attached hydrogen (secondary N) is 1. The quantitative estimate of drug-likeness (QED) is 0.578. The van der Waals surface area contributed by atoms with Crippen molar-refractivity contribution in [3.8, 4) is 5.75 Å². The van der Waals surface area contributed by atoms with E-state index in [0.717, 1.165) is 27.8 Å². The standard InChI is InChI=1S/C21H17N3O/c25-18-12-11-17-16(9-6-14-22-17)20(18)21(15-7-2-1-3-8-15)24-19-10-4-5-13-23-19/h1-14,21,25H,(H,23,24)/t21-/m1/s1. The normalized spacial score (nSPS) is 12.0. The summed E-state index contributed by atoms with van der Waals surface area (Å²) in [5, 5.41) is 15.0. The van der Waals surface area contributed by atoms with Crippen LogP contribution in [0.5, 0.6) is 5.75 Å². The summed E-state index contributed by atoms with van der Waals surface area (Å²) in [6.07, 6.45) is 3.50. The number of nitrogens with zero attached hydrogens (tertiary/aromatic N) is 2. The molecule has 0 aliphatic heterocycles. The van der Waals surface area contributed by atoms with Gasteiger partial charge in [-0.05, 0) is 35.9 Å². The van der Waals surface area contributed by atoms with Crippen molar-refractivity contribution in [2.24, 2.45) is 0 Å². The van der Waals surface area contributed by atoms with Crippen molar-refractivity contribution in [2.75, 3.05) is 5.32 Å². The lowest BCUT2D eigenvalue weighted by Gasteiger charge is -2.22. The number of fused-ring (bicyclic) bond motifs is 1. The minimum atomic E-state index is -0.246. The molecule has 4 rings (SSSR count). The minimum Gasteiger partial charge on any atom is -0.508 e. The third-order valence-corrected chi connectivity index (χ3v) is 4.18. The van der Waals surface area contributed by atoms with Crippen molar-refractivity contribution in [1.82, 2.24) is 9.97 Å². The van der Waals surface area contributed by atoms with Crippen LogP contribution in [0.1, 0.15) is 17.2 Å². The first-order chi connectivity index (χ1) is 12.3. The number of hydrogen-bond acceptors (Lipinski definition) is 4. The fourth-order valence-electron chi connectivity index (χ4n) is 3.03. The van der Waals surface area contributed by atoms with Gasteiger partial charge in [0.15, 0.2) is 0 Å². The summed E-state index contributed by atoms with van der Waals surface area (Å²) >= 11 is 0. The Labute approximate surface area is 145 Å². The number of rotatable bonds is 4. The Morgan fingerprint density at radius 2 is 1.56 bits per heavy atom. The van der Waals surface area contributed by atoms with Crippen LogP contribution >= 0.6 is 0 Å². The van der Waals surface area contributed by atoms with E-state index in [1.165, 1.54) is 0 Å². The molecule has 2 aromatic carbocycles. The molecule has 122 valence electrons. The Hall–Kier alpha value is -3.40. The molecule has 2 heterocycles. The number of benzene rings is 2. The van der Waals surface area contributed by atoms with E-state index >= 15 is 0 Å². The molecule has 1 atom stereocenters. The van der Waals surface area contributed by atoms with Crippen LogP contribution < -0.4 is 5.32 Å². The molecule has 4 aromatic rings. The van der Waals surface area contributed by atoms with E-state index < -0.39 is 0 Å². The molecule has 2 aromatic heterocycles. The monoisotopic (exact) mass is 327 g/mol. The van der Waals surface area contributed by atoms with E-state index in [1.54, 1.807) is 18.5 Å². The van der Waals surface area contributed by atoms with E-state index in [-0.39, 0.29) is 11.8 Å². The first kappa shape index (κ1) is 15.1. The zero-order chi connectivity index (χ0) is 17.1. The van der Waals surface area contributed by atoms with E-state index in [1.807, 2.05) is 66.7 Å². The van der Waals surface area contributed by atoms with Gasteiger partial charge in [-0.1, -0.05) is 42.5 Å². The fraction of sp³-hybridized carbons (Fsp3) is 0.0476. The predicted octanol–water partition coefficient (Wildman–Crippen LogP) is 4.54. The summed E-state index contributed by atoms with van der Waals surface area (Å²) in [5.41, 5.74) is 2.68. The van der Waals surface area contributed by atoms with Gasteiger partial charge in [-0.3, -0.25) is 4.98 Å². The second-order valence-electron chi connectivity index (χ2n) is 5.77. The predicted molar refractivity (Wildman–Crippen MR) is 99.6 cm³/mol. The lowest BCUT2D eigenvalue weighted by Crippen LogP contribution is -2.14. The van der Waals surface area contributed by atoms with Crippen molar-refractivity contribution < 1.29 is 5.11 Å². The zero-order valence-electron chi connectivity index (χ0n) is 13.5. The van der Waals surface area contributed by atoms with Crippen LogP contribution in [-0.4, -0.2) is 15.1 Å². The van der Waals surface area contributed by atoms with Gasteiger partial charge in [0.2, 0.25) is 0 Å². The fourth-order valence-corrected chi connectivity index (χ4v) is 3.03. The average Bonchev–Trinajstić information content (AvgIpc) is 2.68. The van der Waals surface area contributed by atoms with Gasteiger partial charge in [0.1, 0.15) is 11.6 Å². The average molecular weight is 327 g/mol. The number of aromatic nitrogens is 2. The van der Waals surface area contributed by atoms with Crippen molar-refractivity contribution >= 4 is 16.7 Å². The van der Waals surface area contributed by atoms with Crippen LogP contribution in [0, 0.1) is 0 Å². The molecule has 4 heteroatoms. The number of aromatic hydroxyl groups is 1. The molecule has 0 unspecified atom stereocenters. The summed E-state index contributed by atoms with van der Waals surface area (Å²) < 4.78 is 0. The Morgan fingerprint density at radius 3 is 2.36 bits per heavy atom. The first-order valence-electron chi connectivity index (χ1n) is 8.12. The Kier molecular flexibility index (Phi) is 4.01. The second kappa shape index (κ2) is 6.61. The topological polar surface area (TPSA) is 58.0 Å². The first-order valence-corrected chi connectivity index (χ1v) is 8.12. The van der Waals surface area contributed by atoms with Crippen molar-refractivity contribution in [3.05, 3.63) is 96.3 Å². The molecule has 0 aliphatic rings. The summed E-state index contributed by atoms with van der Waals surface area (Å²) in [4.78, 5) is 8.78. The van der Waals surface area contributed by atoms with Crippen molar-refractivity contribution in [2.45, 2.75) is 6.04 Å². The molecule has 2 N–H and O–H groups in total. The second-order valence-corrected chi connectivity index (χ2v) is 5.77. The minimum absolute atomic E-state index is 0.234. The highest BCUT2D eigenvalue weighted by atomic mass is 16.3. The lowest BCUT2D eigenvalue weighted by molar-refractivity contribution is 0.468. The third kappa shape index (κ3) is 3.02. The van der Waals surface area contributed by atoms with Gasteiger partial charge >= 0.3 is 0 Å². The number of hydrogen-bond donors (Lipinski definition) is 2. The maximum absolute atomic E-state index is 10.6. The molecule has 0 amide bonds. The third-order valence-electron chi connectivity index (χ3n) is 4.18. The molecule has 0 saturated carbocycles. The molecule has 0 bridgehead atoms. The summed E-state index contributed by atoms with van der Waals surface area (Å²) in [5.74, 6) is 0.981. The van der Waals surface area contributed by atoms with Crippen molar-refractivity contribution in [3.63, 3.8) is 0 Å². The Balaban J connectivity index is 1.91. The summed E-state index contributed by atoms with van der Waals surface area (Å²) in [7, 11) is 0. The summed E-state index contributed by atoms with van der Waals surface area (Å²) in [6.45, 7) is 0. The SMILES string of the molecule is Oc1ccc2ncccc2c1[C@H](Nc1ccccn1)c1ccccc1. The van der Waals surface area contributed by atoms with Gasteiger partial charge in [-0.15, -0.1) is 0 Å². The molecule has 0 aliphatic carbocycles. The van der Waals surface area contributed by atoms with E-state index in [2.05, 4.69) is 15.3 Å². The summed E-state index contributed by atoms with van der Waals surface area (Å²) in [6, 6.07) is 22.9. The van der Waals surface area contributed by atoms with Crippen LogP contribution in [0.25, 0.3) is 10.9 Å². The maximum Gasteiger partial charge on any atom is 0.126 e. The molecule has 0 radical (unpaired) electrons. The van der Waals surface area contributed by atoms with Gasteiger partial charge in [0, 0.05) is 23.3 Å². The van der Waals surface area contributed by atoms with Crippen LogP contribution in [-0.2, 0) is 0 Å². The highest BCUT2D eigenvalue weighted by Gasteiger charge is 2.21. The smallest absolute Gasteiger partial charge is 0.126 e. The Morgan fingerprint density at radius 1 is 0.760 bits per heavy atom. The van der Waals surface area contributed by atoms with Gasteiger partial charge in [-0.25, -0.2) is 4.98 Å². The van der Waals surface area contributed by atoms with Crippen molar-refractivity contribution in [1.29, 1.82) is 0 Å². The molecular formula is C21H17N3O. The maximum atomic E-state index is 10.6.